The molecule has 6 rings (SSSR count). The summed E-state index contributed by atoms with van der Waals surface area (Å²) in [5.41, 5.74) is 2.44. The molecule has 0 aliphatic carbocycles. The second kappa shape index (κ2) is 8.30. The van der Waals surface area contributed by atoms with Crippen molar-refractivity contribution < 1.29 is 0 Å². The van der Waals surface area contributed by atoms with Crippen LogP contribution < -0.4 is 9.80 Å². The maximum absolute atomic E-state index is 5.22. The first-order valence-corrected chi connectivity index (χ1v) is 12.4. The molecule has 0 N–H and O–H groups in total. The van der Waals surface area contributed by atoms with Gasteiger partial charge in [-0.05, 0) is 57.7 Å². The van der Waals surface area contributed by atoms with Gasteiger partial charge in [0.25, 0.3) is 0 Å². The van der Waals surface area contributed by atoms with Gasteiger partial charge in [0.05, 0.1) is 10.9 Å². The summed E-state index contributed by atoms with van der Waals surface area (Å²) in [6.07, 6.45) is 9.09. The van der Waals surface area contributed by atoms with Crippen molar-refractivity contribution in [1.29, 1.82) is 0 Å². The van der Waals surface area contributed by atoms with Gasteiger partial charge in [0.2, 0.25) is 5.95 Å². The standard InChI is InChI=1S/C25H34N6/c1-4-12-28(13-5-1)18-19-31-21-11-3-2-10-20(21)22-23(29-14-6-7-15-29)26-25(27-24(22)31)30-16-8-9-17-30/h2-3,10-11H,1,4-9,12-19H2. The highest BCUT2D eigenvalue weighted by Gasteiger charge is 2.26. The fourth-order valence-electron chi connectivity index (χ4n) is 5.76. The molecular formula is C25H34N6. The zero-order valence-corrected chi connectivity index (χ0v) is 18.6. The summed E-state index contributed by atoms with van der Waals surface area (Å²) >= 11 is 0. The van der Waals surface area contributed by atoms with Crippen LogP contribution >= 0.6 is 0 Å². The molecule has 2 aromatic heterocycles. The van der Waals surface area contributed by atoms with Gasteiger partial charge in [0.15, 0.2) is 0 Å². The molecule has 3 aromatic rings. The third-order valence-corrected chi connectivity index (χ3v) is 7.46. The molecule has 0 bridgehead atoms. The predicted octanol–water partition coefficient (Wildman–Crippen LogP) is 4.27. The Kier molecular flexibility index (Phi) is 5.18. The van der Waals surface area contributed by atoms with E-state index in [0.29, 0.717) is 0 Å². The SMILES string of the molecule is c1ccc2c(c1)c1c(N3CCCC3)nc(N3CCCC3)nc1n2CCN1CCCCC1. The second-order valence-corrected chi connectivity index (χ2v) is 9.51. The number of hydrogen-bond acceptors (Lipinski definition) is 5. The molecule has 0 radical (unpaired) electrons. The van der Waals surface area contributed by atoms with E-state index in [1.807, 2.05) is 0 Å². The molecule has 3 fully saturated rings. The highest BCUT2D eigenvalue weighted by molar-refractivity contribution is 6.12. The Bertz CT molecular complexity index is 1050. The smallest absolute Gasteiger partial charge is 0.229 e. The fraction of sp³-hybridized carbons (Fsp3) is 0.600. The fourth-order valence-corrected chi connectivity index (χ4v) is 5.76. The van der Waals surface area contributed by atoms with E-state index in [9.17, 15) is 0 Å². The molecule has 0 spiro atoms. The molecule has 5 heterocycles. The van der Waals surface area contributed by atoms with Gasteiger partial charge >= 0.3 is 0 Å². The van der Waals surface area contributed by atoms with Crippen LogP contribution in [0.15, 0.2) is 24.3 Å². The van der Waals surface area contributed by atoms with Gasteiger partial charge in [-0.3, -0.25) is 0 Å². The minimum absolute atomic E-state index is 0.939. The molecule has 3 saturated heterocycles. The van der Waals surface area contributed by atoms with Crippen LogP contribution in [0.1, 0.15) is 44.9 Å². The molecule has 1 aromatic carbocycles. The third kappa shape index (κ3) is 3.55. The molecule has 6 nitrogen and oxygen atoms in total. The van der Waals surface area contributed by atoms with Crippen molar-refractivity contribution in [3.8, 4) is 0 Å². The lowest BCUT2D eigenvalue weighted by molar-refractivity contribution is 0.222. The molecule has 31 heavy (non-hydrogen) atoms. The minimum atomic E-state index is 0.939. The van der Waals surface area contributed by atoms with E-state index in [1.54, 1.807) is 0 Å². The maximum atomic E-state index is 5.22. The van der Waals surface area contributed by atoms with Gasteiger partial charge in [-0.1, -0.05) is 24.6 Å². The minimum Gasteiger partial charge on any atom is -0.356 e. The Labute approximate surface area is 184 Å². The monoisotopic (exact) mass is 418 g/mol. The molecule has 3 aliphatic rings. The Morgan fingerprint density at radius 1 is 0.677 bits per heavy atom. The van der Waals surface area contributed by atoms with Crippen molar-refractivity contribution in [2.75, 3.05) is 55.6 Å². The molecule has 3 aliphatic heterocycles. The van der Waals surface area contributed by atoms with E-state index in [0.717, 1.165) is 56.7 Å². The molecular weight excluding hydrogens is 384 g/mol. The Balaban J connectivity index is 1.49. The first kappa shape index (κ1) is 19.4. The van der Waals surface area contributed by atoms with Crippen LogP contribution in [0.4, 0.5) is 11.8 Å². The first-order valence-electron chi connectivity index (χ1n) is 12.4. The van der Waals surface area contributed by atoms with Crippen LogP contribution in [0.2, 0.25) is 0 Å². The lowest BCUT2D eigenvalue weighted by atomic mass is 10.1. The van der Waals surface area contributed by atoms with Crippen molar-refractivity contribution in [2.24, 2.45) is 0 Å². The van der Waals surface area contributed by atoms with Gasteiger partial charge in [-0.15, -0.1) is 0 Å². The summed E-state index contributed by atoms with van der Waals surface area (Å²) in [5.74, 6) is 2.10. The van der Waals surface area contributed by atoms with Crippen LogP contribution in [0.5, 0.6) is 0 Å². The van der Waals surface area contributed by atoms with E-state index >= 15 is 0 Å². The van der Waals surface area contributed by atoms with E-state index in [1.165, 1.54) is 74.3 Å². The largest absolute Gasteiger partial charge is 0.356 e. The van der Waals surface area contributed by atoms with E-state index in [4.69, 9.17) is 9.97 Å². The summed E-state index contributed by atoms with van der Waals surface area (Å²) in [6.45, 7) is 8.97. The summed E-state index contributed by atoms with van der Waals surface area (Å²) in [7, 11) is 0. The number of rotatable bonds is 5. The summed E-state index contributed by atoms with van der Waals surface area (Å²) < 4.78 is 2.49. The molecule has 0 unspecified atom stereocenters. The van der Waals surface area contributed by atoms with Crippen molar-refractivity contribution in [1.82, 2.24) is 19.4 Å². The van der Waals surface area contributed by atoms with Crippen LogP contribution in [0.25, 0.3) is 21.9 Å². The number of piperidine rings is 1. The van der Waals surface area contributed by atoms with Gasteiger partial charge in [0.1, 0.15) is 11.5 Å². The lowest BCUT2D eigenvalue weighted by Gasteiger charge is -2.26. The van der Waals surface area contributed by atoms with Crippen LogP contribution in [-0.2, 0) is 6.54 Å². The van der Waals surface area contributed by atoms with Crippen molar-refractivity contribution in [2.45, 2.75) is 51.5 Å². The van der Waals surface area contributed by atoms with Crippen LogP contribution in [-0.4, -0.2) is 65.2 Å². The number of anilines is 2. The van der Waals surface area contributed by atoms with Crippen LogP contribution in [0, 0.1) is 0 Å². The van der Waals surface area contributed by atoms with Gasteiger partial charge in [0, 0.05) is 44.7 Å². The zero-order valence-electron chi connectivity index (χ0n) is 18.6. The average molecular weight is 419 g/mol. The van der Waals surface area contributed by atoms with Crippen molar-refractivity contribution >= 4 is 33.7 Å². The summed E-state index contributed by atoms with van der Waals surface area (Å²) in [4.78, 5) is 18.0. The number of aromatic nitrogens is 3. The zero-order chi connectivity index (χ0) is 20.6. The Morgan fingerprint density at radius 3 is 2.13 bits per heavy atom. The molecule has 0 saturated carbocycles. The normalized spacial score (nSPS) is 20.5. The van der Waals surface area contributed by atoms with Gasteiger partial charge in [-0.25, -0.2) is 0 Å². The number of para-hydroxylation sites is 1. The quantitative estimate of drug-likeness (QED) is 0.619. The van der Waals surface area contributed by atoms with E-state index in [2.05, 4.69) is 43.5 Å². The highest BCUT2D eigenvalue weighted by atomic mass is 15.3. The van der Waals surface area contributed by atoms with Gasteiger partial charge in [-0.2, -0.15) is 9.97 Å². The predicted molar refractivity (Wildman–Crippen MR) is 128 cm³/mol. The van der Waals surface area contributed by atoms with Crippen molar-refractivity contribution in [3.63, 3.8) is 0 Å². The molecule has 0 amide bonds. The highest BCUT2D eigenvalue weighted by Crippen LogP contribution is 2.37. The summed E-state index contributed by atoms with van der Waals surface area (Å²) in [6, 6.07) is 8.88. The lowest BCUT2D eigenvalue weighted by Crippen LogP contribution is -2.32. The molecule has 6 heteroatoms. The van der Waals surface area contributed by atoms with Crippen LogP contribution in [0.3, 0.4) is 0 Å². The summed E-state index contributed by atoms with van der Waals surface area (Å²) in [5, 5.41) is 2.57. The van der Waals surface area contributed by atoms with Crippen molar-refractivity contribution in [3.05, 3.63) is 24.3 Å². The first-order chi connectivity index (χ1) is 15.4. The van der Waals surface area contributed by atoms with E-state index < -0.39 is 0 Å². The average Bonchev–Trinajstić information content (AvgIpc) is 3.59. The molecule has 164 valence electrons. The Hall–Kier alpha value is -2.34. The van der Waals surface area contributed by atoms with Gasteiger partial charge < -0.3 is 19.3 Å². The Morgan fingerprint density at radius 2 is 1.35 bits per heavy atom. The number of nitrogens with zero attached hydrogens (tertiary/aromatic N) is 6. The second-order valence-electron chi connectivity index (χ2n) is 9.51. The van der Waals surface area contributed by atoms with E-state index in [-0.39, 0.29) is 0 Å². The number of benzene rings is 1. The molecule has 0 atom stereocenters. The number of likely N-dealkylation sites (tertiary alicyclic amines) is 1. The third-order valence-electron chi connectivity index (χ3n) is 7.46. The maximum Gasteiger partial charge on any atom is 0.229 e. The topological polar surface area (TPSA) is 40.4 Å². The number of hydrogen-bond donors (Lipinski definition) is 0. The number of fused-ring (bicyclic) bond motifs is 3.